The molecule has 0 unspecified atom stereocenters. The molecule has 3 rings (SSSR count). The average molecular weight is 386 g/mol. The van der Waals surface area contributed by atoms with Crippen LogP contribution in [0.1, 0.15) is 5.56 Å². The number of fused-ring (bicyclic) bond motifs is 1. The van der Waals surface area contributed by atoms with E-state index in [-0.39, 0.29) is 17.9 Å². The summed E-state index contributed by atoms with van der Waals surface area (Å²) in [5.74, 6) is -0.840. The standard InChI is InChI=1S/C17H14N4O5S/c22-15(9-11-5-7-12(8-6-11)21(24)25)19-20-16(23)10-27-17-18-13-3-1-2-4-14(13)26-17/h1-8H,9-10H2,(H,19,22)(H,20,23). The van der Waals surface area contributed by atoms with Crippen LogP contribution in [0, 0.1) is 10.1 Å². The lowest BCUT2D eigenvalue weighted by molar-refractivity contribution is -0.384. The normalized spacial score (nSPS) is 10.5. The number of carbonyl (C=O) groups excluding carboxylic acids is 2. The van der Waals surface area contributed by atoms with Crippen LogP contribution >= 0.6 is 11.8 Å². The number of oxazole rings is 1. The molecule has 3 aromatic rings. The van der Waals surface area contributed by atoms with Crippen molar-refractivity contribution in [1.82, 2.24) is 15.8 Å². The number of carbonyl (C=O) groups is 2. The van der Waals surface area contributed by atoms with Gasteiger partial charge in [-0.3, -0.25) is 30.6 Å². The van der Waals surface area contributed by atoms with Gasteiger partial charge in [0.05, 0.1) is 17.1 Å². The van der Waals surface area contributed by atoms with Crippen molar-refractivity contribution in [3.05, 3.63) is 64.2 Å². The van der Waals surface area contributed by atoms with Crippen molar-refractivity contribution in [1.29, 1.82) is 0 Å². The zero-order valence-corrected chi connectivity index (χ0v) is 14.7. The fraction of sp³-hybridized carbons (Fsp3) is 0.118. The fourth-order valence-electron chi connectivity index (χ4n) is 2.18. The summed E-state index contributed by atoms with van der Waals surface area (Å²) < 4.78 is 5.49. The number of aromatic nitrogens is 1. The minimum absolute atomic E-state index is 0.0173. The first kappa shape index (κ1) is 18.4. The fourth-order valence-corrected chi connectivity index (χ4v) is 2.82. The zero-order chi connectivity index (χ0) is 19.2. The van der Waals surface area contributed by atoms with Gasteiger partial charge in [-0.1, -0.05) is 36.0 Å². The van der Waals surface area contributed by atoms with Crippen molar-refractivity contribution in [3.8, 4) is 0 Å². The lowest BCUT2D eigenvalue weighted by Gasteiger charge is -2.06. The van der Waals surface area contributed by atoms with E-state index < -0.39 is 16.7 Å². The molecule has 0 saturated heterocycles. The number of benzene rings is 2. The van der Waals surface area contributed by atoms with Crippen LogP contribution in [0.2, 0.25) is 0 Å². The number of amides is 2. The smallest absolute Gasteiger partial charge is 0.269 e. The highest BCUT2D eigenvalue weighted by molar-refractivity contribution is 7.99. The first-order valence-electron chi connectivity index (χ1n) is 7.80. The summed E-state index contributed by atoms with van der Waals surface area (Å²) in [7, 11) is 0. The maximum atomic E-state index is 11.8. The molecule has 2 aromatic carbocycles. The number of non-ortho nitro benzene ring substituents is 1. The largest absolute Gasteiger partial charge is 0.431 e. The van der Waals surface area contributed by atoms with Crippen molar-refractivity contribution >= 4 is 40.4 Å². The number of rotatable bonds is 6. The Hall–Kier alpha value is -3.40. The van der Waals surface area contributed by atoms with Gasteiger partial charge >= 0.3 is 0 Å². The number of thioether (sulfide) groups is 1. The third-order valence-corrected chi connectivity index (χ3v) is 4.28. The van der Waals surface area contributed by atoms with Gasteiger partial charge in [0.25, 0.3) is 10.9 Å². The van der Waals surface area contributed by atoms with Gasteiger partial charge in [-0.25, -0.2) is 4.98 Å². The Morgan fingerprint density at radius 2 is 1.78 bits per heavy atom. The lowest BCUT2D eigenvalue weighted by Crippen LogP contribution is -2.43. The van der Waals surface area contributed by atoms with Crippen LogP contribution in [0.25, 0.3) is 11.1 Å². The summed E-state index contributed by atoms with van der Waals surface area (Å²) in [6.07, 6.45) is -0.0173. The Bertz CT molecular complexity index is 953. The number of hydrogen-bond donors (Lipinski definition) is 2. The molecule has 0 aliphatic rings. The maximum absolute atomic E-state index is 11.8. The lowest BCUT2D eigenvalue weighted by atomic mass is 10.1. The Balaban J connectivity index is 1.42. The highest BCUT2D eigenvalue weighted by atomic mass is 32.2. The number of nitrogens with zero attached hydrogens (tertiary/aromatic N) is 2. The van der Waals surface area contributed by atoms with Crippen molar-refractivity contribution < 1.29 is 18.9 Å². The minimum Gasteiger partial charge on any atom is -0.431 e. The SMILES string of the molecule is O=C(CSc1nc2ccccc2o1)NNC(=O)Cc1ccc([N+](=O)[O-])cc1. The summed E-state index contributed by atoms with van der Waals surface area (Å²) in [5.41, 5.74) is 6.47. The van der Waals surface area contributed by atoms with Gasteiger partial charge in [-0.2, -0.15) is 0 Å². The van der Waals surface area contributed by atoms with Crippen LogP contribution in [-0.2, 0) is 16.0 Å². The molecule has 10 heteroatoms. The van der Waals surface area contributed by atoms with Crippen LogP contribution in [-0.4, -0.2) is 27.5 Å². The highest BCUT2D eigenvalue weighted by Gasteiger charge is 2.11. The Labute approximate surface area is 157 Å². The first-order valence-corrected chi connectivity index (χ1v) is 8.79. The van der Waals surface area contributed by atoms with Crippen LogP contribution in [0.15, 0.2) is 58.2 Å². The van der Waals surface area contributed by atoms with Crippen molar-refractivity contribution in [2.24, 2.45) is 0 Å². The quantitative estimate of drug-likeness (QED) is 0.378. The van der Waals surface area contributed by atoms with Gasteiger partial charge in [0, 0.05) is 12.1 Å². The summed E-state index contributed by atoms with van der Waals surface area (Å²) in [4.78, 5) is 38.0. The van der Waals surface area contributed by atoms with Crippen LogP contribution in [0.3, 0.4) is 0 Å². The van der Waals surface area contributed by atoms with Gasteiger partial charge < -0.3 is 4.42 Å². The summed E-state index contributed by atoms with van der Waals surface area (Å²) >= 11 is 1.11. The molecule has 2 N–H and O–H groups in total. The molecule has 2 amide bonds. The molecule has 0 atom stereocenters. The summed E-state index contributed by atoms with van der Waals surface area (Å²) in [6, 6.07) is 12.9. The molecule has 1 heterocycles. The zero-order valence-electron chi connectivity index (χ0n) is 13.9. The van der Waals surface area contributed by atoms with E-state index >= 15 is 0 Å². The first-order chi connectivity index (χ1) is 13.0. The van der Waals surface area contributed by atoms with E-state index in [0.29, 0.717) is 21.9 Å². The molecule has 1 aromatic heterocycles. The summed E-state index contributed by atoms with van der Waals surface area (Å²) in [6.45, 7) is 0. The topological polar surface area (TPSA) is 127 Å². The van der Waals surface area contributed by atoms with Gasteiger partial charge in [-0.05, 0) is 17.7 Å². The predicted molar refractivity (Wildman–Crippen MR) is 97.8 cm³/mol. The number of nitrogens with one attached hydrogen (secondary N) is 2. The Morgan fingerprint density at radius 3 is 2.48 bits per heavy atom. The molecule has 0 aliphatic heterocycles. The molecule has 0 radical (unpaired) electrons. The van der Waals surface area contributed by atoms with E-state index in [0.717, 1.165) is 11.8 Å². The monoisotopic (exact) mass is 386 g/mol. The Morgan fingerprint density at radius 1 is 1.07 bits per heavy atom. The molecule has 138 valence electrons. The number of hydrogen-bond acceptors (Lipinski definition) is 7. The second-order valence-corrected chi connectivity index (χ2v) is 6.36. The van der Waals surface area contributed by atoms with Gasteiger partial charge in [0.2, 0.25) is 11.8 Å². The van der Waals surface area contributed by atoms with Crippen LogP contribution in [0.5, 0.6) is 0 Å². The van der Waals surface area contributed by atoms with Crippen molar-refractivity contribution in [2.45, 2.75) is 11.6 Å². The van der Waals surface area contributed by atoms with Gasteiger partial charge in [0.1, 0.15) is 5.52 Å². The van der Waals surface area contributed by atoms with E-state index in [1.54, 1.807) is 12.1 Å². The van der Waals surface area contributed by atoms with Crippen molar-refractivity contribution in [3.63, 3.8) is 0 Å². The molecule has 0 spiro atoms. The third-order valence-electron chi connectivity index (χ3n) is 3.45. The van der Waals surface area contributed by atoms with E-state index in [4.69, 9.17) is 4.42 Å². The second-order valence-electron chi connectivity index (χ2n) is 5.43. The average Bonchev–Trinajstić information content (AvgIpc) is 3.08. The predicted octanol–water partition coefficient (Wildman–Crippen LogP) is 2.22. The molecule has 0 bridgehead atoms. The maximum Gasteiger partial charge on any atom is 0.269 e. The number of hydrazine groups is 1. The van der Waals surface area contributed by atoms with Crippen molar-refractivity contribution in [2.75, 3.05) is 5.75 Å². The van der Waals surface area contributed by atoms with Crippen LogP contribution < -0.4 is 10.9 Å². The second kappa shape index (κ2) is 8.32. The van der Waals surface area contributed by atoms with Gasteiger partial charge in [-0.15, -0.1) is 0 Å². The molecule has 0 fully saturated rings. The van der Waals surface area contributed by atoms with E-state index in [1.807, 2.05) is 12.1 Å². The molecule has 0 saturated carbocycles. The van der Waals surface area contributed by atoms with E-state index in [9.17, 15) is 19.7 Å². The molecular weight excluding hydrogens is 372 g/mol. The molecule has 9 nitrogen and oxygen atoms in total. The van der Waals surface area contributed by atoms with E-state index in [2.05, 4.69) is 15.8 Å². The number of para-hydroxylation sites is 2. The Kier molecular flexibility index (Phi) is 5.67. The highest BCUT2D eigenvalue weighted by Crippen LogP contribution is 2.22. The van der Waals surface area contributed by atoms with Gasteiger partial charge in [0.15, 0.2) is 5.58 Å². The number of nitro benzene ring substituents is 1. The molecule has 27 heavy (non-hydrogen) atoms. The number of nitro groups is 1. The summed E-state index contributed by atoms with van der Waals surface area (Å²) in [5, 5.41) is 11.0. The van der Waals surface area contributed by atoms with Crippen LogP contribution in [0.4, 0.5) is 5.69 Å². The molecule has 0 aliphatic carbocycles. The van der Waals surface area contributed by atoms with E-state index in [1.165, 1.54) is 24.3 Å². The third kappa shape index (κ3) is 5.05. The minimum atomic E-state index is -0.515. The molecular formula is C17H14N4O5S.